The van der Waals surface area contributed by atoms with Crippen molar-refractivity contribution < 1.29 is 0 Å². The minimum atomic E-state index is 0.0896. The van der Waals surface area contributed by atoms with E-state index >= 15 is 0 Å². The minimum Gasteiger partial charge on any atom is -0.302 e. The van der Waals surface area contributed by atoms with Crippen LogP contribution >= 0.6 is 0 Å². The van der Waals surface area contributed by atoms with E-state index in [0.717, 1.165) is 0 Å². The SMILES string of the molecule is CN(C)C1(C(NN)c2cccc3cnccc23)CCCC1. The maximum Gasteiger partial charge on any atom is 0.0649 e. The topological polar surface area (TPSA) is 54.2 Å². The molecule has 0 aliphatic heterocycles. The number of fused-ring (bicyclic) bond motifs is 1. The van der Waals surface area contributed by atoms with Gasteiger partial charge < -0.3 is 4.90 Å². The number of hydrogen-bond donors (Lipinski definition) is 2. The molecule has 3 N–H and O–H groups in total. The van der Waals surface area contributed by atoms with E-state index in [9.17, 15) is 0 Å². The zero-order valence-corrected chi connectivity index (χ0v) is 12.8. The summed E-state index contributed by atoms with van der Waals surface area (Å²) in [4.78, 5) is 6.58. The Hall–Kier alpha value is -1.49. The molecule has 1 heterocycles. The van der Waals surface area contributed by atoms with Crippen molar-refractivity contribution in [1.29, 1.82) is 0 Å². The van der Waals surface area contributed by atoms with E-state index < -0.39 is 0 Å². The molecule has 21 heavy (non-hydrogen) atoms. The molecular weight excluding hydrogens is 260 g/mol. The van der Waals surface area contributed by atoms with Gasteiger partial charge in [0.1, 0.15) is 0 Å². The lowest BCUT2D eigenvalue weighted by atomic mass is 9.81. The molecule has 0 bridgehead atoms. The largest absolute Gasteiger partial charge is 0.302 e. The number of rotatable bonds is 4. The first kappa shape index (κ1) is 14.4. The summed E-state index contributed by atoms with van der Waals surface area (Å²) in [6.07, 6.45) is 8.66. The lowest BCUT2D eigenvalue weighted by Crippen LogP contribution is -2.53. The van der Waals surface area contributed by atoms with Crippen molar-refractivity contribution in [2.24, 2.45) is 5.84 Å². The van der Waals surface area contributed by atoms with Crippen LogP contribution < -0.4 is 11.3 Å². The molecule has 1 unspecified atom stereocenters. The van der Waals surface area contributed by atoms with Crippen LogP contribution in [0.25, 0.3) is 10.8 Å². The quantitative estimate of drug-likeness (QED) is 0.669. The van der Waals surface area contributed by atoms with Crippen LogP contribution in [-0.2, 0) is 0 Å². The van der Waals surface area contributed by atoms with Crippen LogP contribution in [-0.4, -0.2) is 29.5 Å². The summed E-state index contributed by atoms with van der Waals surface area (Å²) in [7, 11) is 4.34. The maximum atomic E-state index is 6.01. The summed E-state index contributed by atoms with van der Waals surface area (Å²) in [5, 5.41) is 2.41. The van der Waals surface area contributed by atoms with Gasteiger partial charge in [0.15, 0.2) is 0 Å². The first-order chi connectivity index (χ1) is 10.2. The standard InChI is InChI=1S/C17H24N4/c1-21(2)17(9-3-4-10-17)16(20-18)15-7-5-6-13-12-19-11-8-14(13)15/h5-8,11-12,16,20H,3-4,9-10,18H2,1-2H3. The van der Waals surface area contributed by atoms with Crippen LogP contribution in [0.1, 0.15) is 37.3 Å². The smallest absolute Gasteiger partial charge is 0.0649 e. The zero-order chi connectivity index (χ0) is 14.9. The summed E-state index contributed by atoms with van der Waals surface area (Å²) in [5.41, 5.74) is 4.47. The second kappa shape index (κ2) is 5.72. The normalized spacial score (nSPS) is 19.2. The summed E-state index contributed by atoms with van der Waals surface area (Å²) in [6.45, 7) is 0. The highest BCUT2D eigenvalue weighted by Gasteiger charge is 2.43. The second-order valence-electron chi connectivity index (χ2n) is 6.25. The lowest BCUT2D eigenvalue weighted by molar-refractivity contribution is 0.105. The Morgan fingerprint density at radius 2 is 2.00 bits per heavy atom. The average molecular weight is 284 g/mol. The zero-order valence-electron chi connectivity index (χ0n) is 12.8. The third-order valence-corrected chi connectivity index (χ3v) is 5.09. The van der Waals surface area contributed by atoms with Crippen molar-refractivity contribution in [2.75, 3.05) is 14.1 Å². The molecule has 2 aromatic rings. The number of aromatic nitrogens is 1. The molecule has 0 radical (unpaired) electrons. The Morgan fingerprint density at radius 3 is 2.67 bits per heavy atom. The molecular formula is C17H24N4. The summed E-state index contributed by atoms with van der Waals surface area (Å²) < 4.78 is 0. The highest BCUT2D eigenvalue weighted by atomic mass is 15.3. The second-order valence-corrected chi connectivity index (χ2v) is 6.25. The van der Waals surface area contributed by atoms with E-state index in [0.29, 0.717) is 0 Å². The number of nitrogens with two attached hydrogens (primary N) is 1. The van der Waals surface area contributed by atoms with E-state index in [-0.39, 0.29) is 11.6 Å². The maximum absolute atomic E-state index is 6.01. The first-order valence-electron chi connectivity index (χ1n) is 7.65. The fourth-order valence-corrected chi connectivity index (χ4v) is 3.92. The van der Waals surface area contributed by atoms with Gasteiger partial charge in [-0.15, -0.1) is 0 Å². The Morgan fingerprint density at radius 1 is 1.24 bits per heavy atom. The highest BCUT2D eigenvalue weighted by Crippen LogP contribution is 2.44. The first-order valence-corrected chi connectivity index (χ1v) is 7.65. The highest BCUT2D eigenvalue weighted by molar-refractivity contribution is 5.85. The van der Waals surface area contributed by atoms with Crippen molar-refractivity contribution in [3.8, 4) is 0 Å². The van der Waals surface area contributed by atoms with E-state index in [1.807, 2.05) is 12.4 Å². The van der Waals surface area contributed by atoms with E-state index in [1.165, 1.54) is 42.0 Å². The molecule has 112 valence electrons. The van der Waals surface area contributed by atoms with Gasteiger partial charge in [-0.2, -0.15) is 0 Å². The van der Waals surface area contributed by atoms with Crippen molar-refractivity contribution in [2.45, 2.75) is 37.3 Å². The predicted molar refractivity (Wildman–Crippen MR) is 86.7 cm³/mol. The van der Waals surface area contributed by atoms with Crippen molar-refractivity contribution in [3.63, 3.8) is 0 Å². The van der Waals surface area contributed by atoms with Crippen LogP contribution in [0.2, 0.25) is 0 Å². The van der Waals surface area contributed by atoms with Crippen LogP contribution in [0, 0.1) is 0 Å². The number of nitrogens with zero attached hydrogens (tertiary/aromatic N) is 2. The third kappa shape index (κ3) is 2.33. The number of hydrogen-bond acceptors (Lipinski definition) is 4. The van der Waals surface area contributed by atoms with Gasteiger partial charge >= 0.3 is 0 Å². The van der Waals surface area contributed by atoms with Gasteiger partial charge in [-0.1, -0.05) is 31.0 Å². The van der Waals surface area contributed by atoms with Gasteiger partial charge in [-0.05, 0) is 44.0 Å². The molecule has 1 aliphatic carbocycles. The summed E-state index contributed by atoms with van der Waals surface area (Å²) in [6, 6.07) is 8.61. The third-order valence-electron chi connectivity index (χ3n) is 5.09. The fourth-order valence-electron chi connectivity index (χ4n) is 3.92. The van der Waals surface area contributed by atoms with Gasteiger partial charge in [-0.3, -0.25) is 16.3 Å². The van der Waals surface area contributed by atoms with E-state index in [4.69, 9.17) is 5.84 Å². The predicted octanol–water partition coefficient (Wildman–Crippen LogP) is 2.61. The van der Waals surface area contributed by atoms with Gasteiger partial charge in [0.25, 0.3) is 0 Å². The Labute approximate surface area is 126 Å². The van der Waals surface area contributed by atoms with Crippen molar-refractivity contribution >= 4 is 10.8 Å². The monoisotopic (exact) mass is 284 g/mol. The molecule has 1 fully saturated rings. The van der Waals surface area contributed by atoms with Crippen LogP contribution in [0.15, 0.2) is 36.7 Å². The molecule has 3 rings (SSSR count). The molecule has 0 spiro atoms. The van der Waals surface area contributed by atoms with Gasteiger partial charge in [0.2, 0.25) is 0 Å². The van der Waals surface area contributed by atoms with Crippen LogP contribution in [0.3, 0.4) is 0 Å². The van der Waals surface area contributed by atoms with Crippen molar-refractivity contribution in [1.82, 2.24) is 15.3 Å². The van der Waals surface area contributed by atoms with Crippen molar-refractivity contribution in [3.05, 3.63) is 42.2 Å². The van der Waals surface area contributed by atoms with Crippen LogP contribution in [0.4, 0.5) is 0 Å². The van der Waals surface area contributed by atoms with E-state index in [2.05, 4.69) is 53.7 Å². The molecule has 1 aromatic carbocycles. The minimum absolute atomic E-state index is 0.0896. The number of pyridine rings is 1. The number of benzene rings is 1. The Balaban J connectivity index is 2.14. The number of hydrazine groups is 1. The molecule has 1 aromatic heterocycles. The van der Waals surface area contributed by atoms with Gasteiger partial charge in [-0.25, -0.2) is 0 Å². The lowest BCUT2D eigenvalue weighted by Gasteiger charge is -2.43. The molecule has 4 nitrogen and oxygen atoms in total. The summed E-state index contributed by atoms with van der Waals surface area (Å²) >= 11 is 0. The average Bonchev–Trinajstić information content (AvgIpc) is 2.99. The molecule has 4 heteroatoms. The molecule has 1 aliphatic rings. The Kier molecular flexibility index (Phi) is 3.93. The molecule has 1 atom stereocenters. The number of nitrogens with one attached hydrogen (secondary N) is 1. The summed E-state index contributed by atoms with van der Waals surface area (Å²) in [5.74, 6) is 6.01. The van der Waals surface area contributed by atoms with Gasteiger partial charge in [0, 0.05) is 23.3 Å². The molecule has 0 saturated heterocycles. The fraction of sp³-hybridized carbons (Fsp3) is 0.471. The van der Waals surface area contributed by atoms with Gasteiger partial charge in [0.05, 0.1) is 6.04 Å². The molecule has 1 saturated carbocycles. The van der Waals surface area contributed by atoms with Crippen LogP contribution in [0.5, 0.6) is 0 Å². The Bertz CT molecular complexity index is 612. The van der Waals surface area contributed by atoms with E-state index in [1.54, 1.807) is 0 Å². The molecule has 0 amide bonds. The number of likely N-dealkylation sites (N-methyl/N-ethyl adjacent to an activating group) is 1.